The van der Waals surface area contributed by atoms with Gasteiger partial charge in [-0.15, -0.1) is 0 Å². The zero-order chi connectivity index (χ0) is 18.7. The molecule has 9 heteroatoms. The average molecular weight is 367 g/mol. The van der Waals surface area contributed by atoms with Gasteiger partial charge in [-0.2, -0.15) is 18.2 Å². The summed E-state index contributed by atoms with van der Waals surface area (Å²) in [7, 11) is 0. The molecule has 0 radical (unpaired) electrons. The van der Waals surface area contributed by atoms with Gasteiger partial charge in [-0.1, -0.05) is 13.8 Å². The Morgan fingerprint density at radius 1 is 1.08 bits per heavy atom. The molecule has 2 aromatic rings. The van der Waals surface area contributed by atoms with Crippen molar-refractivity contribution in [3.05, 3.63) is 36.0 Å². The molecule has 3 heterocycles. The number of nitrogens with zero attached hydrogens (tertiary/aromatic N) is 5. The molecule has 0 spiro atoms. The van der Waals surface area contributed by atoms with Gasteiger partial charge in [0.25, 0.3) is 0 Å². The minimum Gasteiger partial charge on any atom is -0.460 e. The van der Waals surface area contributed by atoms with Crippen molar-refractivity contribution in [3.63, 3.8) is 0 Å². The van der Waals surface area contributed by atoms with Crippen molar-refractivity contribution in [2.24, 2.45) is 0 Å². The lowest BCUT2D eigenvalue weighted by molar-refractivity contribution is -0.141. The van der Waals surface area contributed by atoms with Gasteiger partial charge >= 0.3 is 12.2 Å². The van der Waals surface area contributed by atoms with E-state index < -0.39 is 11.9 Å². The van der Waals surface area contributed by atoms with Crippen LogP contribution in [0.4, 0.5) is 19.0 Å². The molecule has 0 N–H and O–H groups in total. The van der Waals surface area contributed by atoms with Crippen LogP contribution >= 0.6 is 0 Å². The first-order valence-electron chi connectivity index (χ1n) is 8.47. The molecular weight excluding hydrogens is 347 g/mol. The Balaban J connectivity index is 1.60. The van der Waals surface area contributed by atoms with Crippen molar-refractivity contribution in [1.82, 2.24) is 19.9 Å². The summed E-state index contributed by atoms with van der Waals surface area (Å²) in [6.45, 7) is 5.46. The number of piperidine rings is 1. The Hall–Kier alpha value is -2.45. The Kier molecular flexibility index (Phi) is 5.24. The van der Waals surface area contributed by atoms with Gasteiger partial charge in [0.1, 0.15) is 17.7 Å². The van der Waals surface area contributed by atoms with E-state index in [0.29, 0.717) is 25.9 Å². The van der Waals surface area contributed by atoms with Crippen LogP contribution in [0.3, 0.4) is 0 Å². The molecule has 1 aliphatic rings. The number of rotatable bonds is 4. The van der Waals surface area contributed by atoms with Crippen LogP contribution < -0.4 is 9.64 Å². The molecule has 0 aromatic carbocycles. The highest BCUT2D eigenvalue weighted by Crippen LogP contribution is 2.28. The van der Waals surface area contributed by atoms with Gasteiger partial charge in [-0.05, 0) is 12.1 Å². The van der Waals surface area contributed by atoms with Gasteiger partial charge < -0.3 is 9.64 Å². The van der Waals surface area contributed by atoms with E-state index in [0.717, 1.165) is 23.9 Å². The van der Waals surface area contributed by atoms with Crippen molar-refractivity contribution < 1.29 is 17.9 Å². The van der Waals surface area contributed by atoms with Gasteiger partial charge in [0.05, 0.1) is 0 Å². The lowest BCUT2D eigenvalue weighted by Crippen LogP contribution is -2.39. The summed E-state index contributed by atoms with van der Waals surface area (Å²) in [5, 5.41) is 0. The fourth-order valence-corrected chi connectivity index (χ4v) is 2.73. The first kappa shape index (κ1) is 18.3. The first-order chi connectivity index (χ1) is 12.3. The number of ether oxygens (including phenoxy) is 1. The van der Waals surface area contributed by atoms with Crippen LogP contribution in [0.25, 0.3) is 0 Å². The summed E-state index contributed by atoms with van der Waals surface area (Å²) < 4.78 is 43.7. The topological polar surface area (TPSA) is 64.0 Å². The molecule has 0 aliphatic carbocycles. The molecule has 140 valence electrons. The quantitative estimate of drug-likeness (QED) is 0.825. The monoisotopic (exact) mass is 367 g/mol. The van der Waals surface area contributed by atoms with Crippen LogP contribution in [0.5, 0.6) is 6.01 Å². The van der Waals surface area contributed by atoms with Crippen LogP contribution in [0, 0.1) is 0 Å². The summed E-state index contributed by atoms with van der Waals surface area (Å²) in [4.78, 5) is 18.2. The largest absolute Gasteiger partial charge is 0.460 e. The summed E-state index contributed by atoms with van der Waals surface area (Å²) in [5.74, 6) is 1.89. The highest BCUT2D eigenvalue weighted by Gasteiger charge is 2.33. The Labute approximate surface area is 149 Å². The third-order valence-electron chi connectivity index (χ3n) is 4.14. The number of aromatic nitrogens is 4. The van der Waals surface area contributed by atoms with Crippen molar-refractivity contribution >= 4 is 5.82 Å². The van der Waals surface area contributed by atoms with Crippen LogP contribution in [0.15, 0.2) is 24.5 Å². The Morgan fingerprint density at radius 3 is 2.42 bits per heavy atom. The fraction of sp³-hybridized carbons (Fsp3) is 0.529. The highest BCUT2D eigenvalue weighted by atomic mass is 19.4. The summed E-state index contributed by atoms with van der Waals surface area (Å²) in [6, 6.07) is 2.46. The molecule has 2 aromatic heterocycles. The molecule has 26 heavy (non-hydrogen) atoms. The maximum Gasteiger partial charge on any atom is 0.433 e. The molecule has 0 amide bonds. The second kappa shape index (κ2) is 7.43. The van der Waals surface area contributed by atoms with Crippen LogP contribution in [0.1, 0.15) is 44.1 Å². The van der Waals surface area contributed by atoms with Crippen LogP contribution in [-0.4, -0.2) is 39.1 Å². The number of hydrogen-bond donors (Lipinski definition) is 0. The predicted octanol–water partition coefficient (Wildman–Crippen LogP) is 3.46. The van der Waals surface area contributed by atoms with Crippen molar-refractivity contribution in [2.75, 3.05) is 18.0 Å². The first-order valence-corrected chi connectivity index (χ1v) is 8.47. The lowest BCUT2D eigenvalue weighted by atomic mass is 10.1. The second-order valence-electron chi connectivity index (χ2n) is 6.45. The van der Waals surface area contributed by atoms with E-state index in [4.69, 9.17) is 4.74 Å². The SMILES string of the molecule is CC(C)c1nccc(N2CCC(Oc3nccc(C(F)(F)F)n3)CC2)n1. The minimum atomic E-state index is -4.51. The van der Waals surface area contributed by atoms with Crippen LogP contribution in [0.2, 0.25) is 0 Å². The van der Waals surface area contributed by atoms with Crippen molar-refractivity contribution in [2.45, 2.75) is 44.9 Å². The summed E-state index contributed by atoms with van der Waals surface area (Å²) in [5.41, 5.74) is -0.998. The van der Waals surface area contributed by atoms with Gasteiger partial charge in [0.2, 0.25) is 0 Å². The second-order valence-corrected chi connectivity index (χ2v) is 6.45. The molecule has 1 aliphatic heterocycles. The molecule has 3 rings (SSSR count). The van der Waals surface area contributed by atoms with E-state index in [1.165, 1.54) is 0 Å². The summed E-state index contributed by atoms with van der Waals surface area (Å²) >= 11 is 0. The standard InChI is InChI=1S/C17H20F3N5O/c1-11(2)15-21-8-4-14(24-15)25-9-5-12(6-10-25)26-16-22-7-3-13(23-16)17(18,19)20/h3-4,7-8,11-12H,5-6,9-10H2,1-2H3. The maximum absolute atomic E-state index is 12.7. The average Bonchev–Trinajstić information content (AvgIpc) is 2.62. The van der Waals surface area contributed by atoms with Crippen molar-refractivity contribution in [1.29, 1.82) is 0 Å². The van der Waals surface area contributed by atoms with Crippen LogP contribution in [-0.2, 0) is 6.18 Å². The van der Waals surface area contributed by atoms with E-state index in [9.17, 15) is 13.2 Å². The summed E-state index contributed by atoms with van der Waals surface area (Å²) in [6.07, 6.45) is -0.612. The molecule has 0 atom stereocenters. The van der Waals surface area contributed by atoms with E-state index >= 15 is 0 Å². The van der Waals surface area contributed by atoms with Gasteiger partial charge in [0.15, 0.2) is 5.69 Å². The molecule has 6 nitrogen and oxygen atoms in total. The van der Waals surface area contributed by atoms with Gasteiger partial charge in [-0.3, -0.25) is 0 Å². The molecule has 1 fully saturated rings. The highest BCUT2D eigenvalue weighted by molar-refractivity contribution is 5.38. The zero-order valence-electron chi connectivity index (χ0n) is 14.6. The number of halogens is 3. The normalized spacial score (nSPS) is 16.2. The minimum absolute atomic E-state index is 0.221. The smallest absolute Gasteiger partial charge is 0.433 e. The van der Waals surface area contributed by atoms with Gasteiger partial charge in [-0.25, -0.2) is 15.0 Å². The molecular formula is C17H20F3N5O. The maximum atomic E-state index is 12.7. The number of alkyl halides is 3. The molecule has 0 saturated carbocycles. The predicted molar refractivity (Wildman–Crippen MR) is 89.0 cm³/mol. The number of anilines is 1. The van der Waals surface area contributed by atoms with E-state index in [2.05, 4.69) is 24.8 Å². The zero-order valence-corrected chi connectivity index (χ0v) is 14.6. The lowest BCUT2D eigenvalue weighted by Gasteiger charge is -2.32. The Morgan fingerprint density at radius 2 is 1.77 bits per heavy atom. The third kappa shape index (κ3) is 4.39. The molecule has 0 bridgehead atoms. The fourth-order valence-electron chi connectivity index (χ4n) is 2.73. The Bertz CT molecular complexity index is 745. The van der Waals surface area contributed by atoms with Crippen molar-refractivity contribution in [3.8, 4) is 6.01 Å². The molecule has 0 unspecified atom stereocenters. The van der Waals surface area contributed by atoms with E-state index in [1.807, 2.05) is 19.9 Å². The van der Waals surface area contributed by atoms with E-state index in [-0.39, 0.29) is 18.0 Å². The number of hydrogen-bond acceptors (Lipinski definition) is 6. The van der Waals surface area contributed by atoms with E-state index in [1.54, 1.807) is 6.20 Å². The third-order valence-corrected chi connectivity index (χ3v) is 4.14. The van der Waals surface area contributed by atoms with Gasteiger partial charge in [0, 0.05) is 44.2 Å². The molecule has 1 saturated heterocycles.